The van der Waals surface area contributed by atoms with Crippen molar-refractivity contribution >= 4 is 23.0 Å². The van der Waals surface area contributed by atoms with Gasteiger partial charge in [-0.05, 0) is 82.1 Å². The third-order valence-corrected chi connectivity index (χ3v) is 9.08. The topological polar surface area (TPSA) is 136 Å². The normalized spacial score (nSPS) is 22.4. The Kier molecular flexibility index (Phi) is 7.70. The lowest BCUT2D eigenvalue weighted by molar-refractivity contribution is -0.133. The van der Waals surface area contributed by atoms with Crippen molar-refractivity contribution in [3.63, 3.8) is 0 Å². The van der Waals surface area contributed by atoms with E-state index >= 15 is 0 Å². The molecule has 3 aliphatic rings. The SMILES string of the molecule is CN(C)C(=O)CC12CCC(Nc3cc(-c4ccc5cc(C#N)cnn45)ncc3C(=O)NC[C@@H](F)C(C)(C)O)(CC1)CC2. The summed E-state index contributed by atoms with van der Waals surface area (Å²) in [7, 11) is 3.59. The molecule has 11 heteroatoms. The number of alkyl halides is 1. The lowest BCUT2D eigenvalue weighted by Gasteiger charge is -2.54. The molecule has 0 spiro atoms. The molecular formula is C31H38FN7O3. The predicted octanol–water partition coefficient (Wildman–Crippen LogP) is 4.09. The van der Waals surface area contributed by atoms with Gasteiger partial charge in [0.15, 0.2) is 0 Å². The van der Waals surface area contributed by atoms with Crippen LogP contribution in [-0.2, 0) is 4.79 Å². The van der Waals surface area contributed by atoms with Crippen LogP contribution in [-0.4, -0.2) is 74.4 Å². The van der Waals surface area contributed by atoms with Crippen LogP contribution in [0.5, 0.6) is 0 Å². The van der Waals surface area contributed by atoms with Gasteiger partial charge < -0.3 is 20.6 Å². The quantitative estimate of drug-likeness (QED) is 0.350. The van der Waals surface area contributed by atoms with E-state index in [9.17, 15) is 24.3 Å². The number of carbonyl (C=O) groups excluding carboxylic acids is 2. The number of aromatic nitrogens is 3. The number of pyridine rings is 1. The minimum absolute atomic E-state index is 0.0143. The summed E-state index contributed by atoms with van der Waals surface area (Å²) < 4.78 is 16.1. The molecule has 6 rings (SSSR count). The van der Waals surface area contributed by atoms with E-state index in [2.05, 4.69) is 26.8 Å². The van der Waals surface area contributed by atoms with Gasteiger partial charge in [-0.25, -0.2) is 8.91 Å². The zero-order chi connectivity index (χ0) is 30.3. The molecule has 3 saturated carbocycles. The molecular weight excluding hydrogens is 537 g/mol. The van der Waals surface area contributed by atoms with Crippen molar-refractivity contribution in [3.05, 3.63) is 47.8 Å². The maximum atomic E-state index is 14.5. The first kappa shape index (κ1) is 29.5. The Morgan fingerprint density at radius 3 is 2.48 bits per heavy atom. The fourth-order valence-electron chi connectivity index (χ4n) is 6.14. The Labute approximate surface area is 244 Å². The highest BCUT2D eigenvalue weighted by molar-refractivity contribution is 6.00. The maximum Gasteiger partial charge on any atom is 0.255 e. The van der Waals surface area contributed by atoms with Gasteiger partial charge in [-0.15, -0.1) is 0 Å². The molecule has 3 aliphatic carbocycles. The van der Waals surface area contributed by atoms with E-state index in [-0.39, 0.29) is 29.0 Å². The van der Waals surface area contributed by atoms with Crippen LogP contribution >= 0.6 is 0 Å². The van der Waals surface area contributed by atoms with Crippen molar-refractivity contribution in [2.75, 3.05) is 26.0 Å². The molecule has 0 aliphatic heterocycles. The van der Waals surface area contributed by atoms with E-state index in [1.165, 1.54) is 26.2 Å². The lowest BCUT2D eigenvalue weighted by Crippen LogP contribution is -2.52. The number of amides is 2. The molecule has 3 N–H and O–H groups in total. The Hall–Kier alpha value is -4.04. The van der Waals surface area contributed by atoms with Gasteiger partial charge in [0.2, 0.25) is 5.91 Å². The molecule has 3 aromatic rings. The molecule has 0 saturated heterocycles. The third-order valence-electron chi connectivity index (χ3n) is 9.08. The number of nitrogens with one attached hydrogen (secondary N) is 2. The molecule has 0 unspecified atom stereocenters. The second-order valence-corrected chi connectivity index (χ2v) is 12.7. The van der Waals surface area contributed by atoms with Crippen molar-refractivity contribution in [1.29, 1.82) is 5.26 Å². The van der Waals surface area contributed by atoms with Gasteiger partial charge in [0.1, 0.15) is 12.2 Å². The molecule has 2 amide bonds. The van der Waals surface area contributed by atoms with Gasteiger partial charge in [-0.3, -0.25) is 14.6 Å². The van der Waals surface area contributed by atoms with E-state index in [4.69, 9.17) is 0 Å². The highest BCUT2D eigenvalue weighted by Gasteiger charge is 2.49. The van der Waals surface area contributed by atoms with E-state index in [0.29, 0.717) is 29.1 Å². The summed E-state index contributed by atoms with van der Waals surface area (Å²) in [6, 6.07) is 9.37. The minimum Gasteiger partial charge on any atom is -0.387 e. The molecule has 0 radical (unpaired) electrons. The van der Waals surface area contributed by atoms with E-state index in [0.717, 1.165) is 44.0 Å². The van der Waals surface area contributed by atoms with Gasteiger partial charge in [-0.1, -0.05) is 0 Å². The molecule has 222 valence electrons. The highest BCUT2D eigenvalue weighted by Crippen LogP contribution is 2.55. The second-order valence-electron chi connectivity index (χ2n) is 12.7. The molecule has 3 aromatic heterocycles. The lowest BCUT2D eigenvalue weighted by atomic mass is 9.56. The minimum atomic E-state index is -1.64. The smallest absolute Gasteiger partial charge is 0.255 e. The molecule has 2 bridgehead atoms. The number of hydrogen-bond acceptors (Lipinski definition) is 7. The first-order valence-corrected chi connectivity index (χ1v) is 14.4. The Morgan fingerprint density at radius 1 is 1.17 bits per heavy atom. The summed E-state index contributed by atoms with van der Waals surface area (Å²) in [6.45, 7) is 2.38. The molecule has 0 aromatic carbocycles. The van der Waals surface area contributed by atoms with Crippen LogP contribution < -0.4 is 10.6 Å². The van der Waals surface area contributed by atoms with E-state index in [1.807, 2.05) is 18.2 Å². The van der Waals surface area contributed by atoms with Crippen molar-refractivity contribution in [2.24, 2.45) is 5.41 Å². The van der Waals surface area contributed by atoms with Gasteiger partial charge in [0.05, 0.1) is 52.1 Å². The van der Waals surface area contributed by atoms with Crippen LogP contribution in [0.4, 0.5) is 10.1 Å². The fourth-order valence-corrected chi connectivity index (χ4v) is 6.14. The summed E-state index contributed by atoms with van der Waals surface area (Å²) in [5, 5.41) is 29.9. The Morgan fingerprint density at radius 2 is 1.86 bits per heavy atom. The van der Waals surface area contributed by atoms with Crippen LogP contribution in [0.25, 0.3) is 16.9 Å². The average molecular weight is 576 g/mol. The largest absolute Gasteiger partial charge is 0.387 e. The number of rotatable bonds is 9. The maximum absolute atomic E-state index is 14.5. The highest BCUT2D eigenvalue weighted by atomic mass is 19.1. The van der Waals surface area contributed by atoms with Crippen LogP contribution in [0.2, 0.25) is 0 Å². The standard InChI is InChI=1S/C31H38FN7O3/c1-29(2,42)26(32)19-35-28(41)22-18-34-24(25-6-5-21-13-20(16-33)17-36-39(21)25)14-23(22)37-31-10-7-30(8-11-31,9-12-31)15-27(40)38(3)4/h5-6,13-14,17-18,26,42H,7-12,15,19H2,1-4H3,(H,34,37)(H,35,41)/t26-,30?,31?/m1/s1. The van der Waals surface area contributed by atoms with Crippen LogP contribution in [0.1, 0.15) is 74.7 Å². The molecule has 10 nitrogen and oxygen atoms in total. The van der Waals surface area contributed by atoms with Crippen LogP contribution in [0.3, 0.4) is 0 Å². The fraction of sp³-hybridized carbons (Fsp3) is 0.516. The van der Waals surface area contributed by atoms with Crippen molar-refractivity contribution < 1.29 is 19.1 Å². The average Bonchev–Trinajstić information content (AvgIpc) is 3.39. The van der Waals surface area contributed by atoms with Crippen molar-refractivity contribution in [3.8, 4) is 17.5 Å². The van der Waals surface area contributed by atoms with Crippen LogP contribution in [0.15, 0.2) is 36.7 Å². The summed E-state index contributed by atoms with van der Waals surface area (Å²) in [5.41, 5.74) is 1.51. The number of fused-ring (bicyclic) bond motifs is 4. The van der Waals surface area contributed by atoms with E-state index in [1.54, 1.807) is 29.6 Å². The number of aliphatic hydroxyl groups is 1. The summed E-state index contributed by atoms with van der Waals surface area (Å²) in [6.07, 6.45) is 7.23. The molecule has 1 atom stereocenters. The summed E-state index contributed by atoms with van der Waals surface area (Å²) >= 11 is 0. The first-order chi connectivity index (χ1) is 19.8. The van der Waals surface area contributed by atoms with Crippen LogP contribution in [0, 0.1) is 16.7 Å². The third kappa shape index (κ3) is 5.81. The van der Waals surface area contributed by atoms with Gasteiger partial charge in [0, 0.05) is 32.3 Å². The zero-order valence-corrected chi connectivity index (χ0v) is 24.6. The van der Waals surface area contributed by atoms with Gasteiger partial charge in [0.25, 0.3) is 5.91 Å². The number of anilines is 1. The first-order valence-electron chi connectivity index (χ1n) is 14.4. The number of nitriles is 1. The van der Waals surface area contributed by atoms with Crippen molar-refractivity contribution in [1.82, 2.24) is 24.8 Å². The monoisotopic (exact) mass is 575 g/mol. The summed E-state index contributed by atoms with van der Waals surface area (Å²) in [5.74, 6) is -0.337. The second kappa shape index (κ2) is 11.0. The molecule has 42 heavy (non-hydrogen) atoms. The molecule has 3 fully saturated rings. The number of carbonyl (C=O) groups is 2. The van der Waals surface area contributed by atoms with Crippen molar-refractivity contribution in [2.45, 2.75) is 76.1 Å². The Balaban J connectivity index is 1.45. The van der Waals surface area contributed by atoms with E-state index < -0.39 is 17.7 Å². The number of nitrogens with zero attached hydrogens (tertiary/aromatic N) is 5. The van der Waals surface area contributed by atoms with Gasteiger partial charge >= 0.3 is 0 Å². The predicted molar refractivity (Wildman–Crippen MR) is 156 cm³/mol. The zero-order valence-electron chi connectivity index (χ0n) is 24.6. The number of hydrogen-bond donors (Lipinski definition) is 3. The van der Waals surface area contributed by atoms with Gasteiger partial charge in [-0.2, -0.15) is 10.4 Å². The number of halogens is 1. The molecule has 3 heterocycles. The Bertz CT molecular complexity index is 1530. The summed E-state index contributed by atoms with van der Waals surface area (Å²) in [4.78, 5) is 32.1.